The number of unbranched alkanes of at least 4 members (excludes halogenated alkanes) is 11. The normalized spacial score (nSPS) is 12.7. The summed E-state index contributed by atoms with van der Waals surface area (Å²) in [6.45, 7) is 2.77. The molecule has 0 aromatic carbocycles. The molecule has 3 heteroatoms. The zero-order valence-electron chi connectivity index (χ0n) is 14.1. The van der Waals surface area contributed by atoms with E-state index in [1.54, 1.807) is 0 Å². The zero-order valence-corrected chi connectivity index (χ0v) is 14.9. The summed E-state index contributed by atoms with van der Waals surface area (Å²) in [5, 5.41) is 8.72. The second kappa shape index (κ2) is 18.3. The fourth-order valence-corrected chi connectivity index (χ4v) is 2.88. The van der Waals surface area contributed by atoms with Gasteiger partial charge in [-0.25, -0.2) is 0 Å². The molecule has 0 aromatic heterocycles. The summed E-state index contributed by atoms with van der Waals surface area (Å²) in [6, 6.07) is 0. The lowest BCUT2D eigenvalue weighted by Crippen LogP contribution is -2.17. The minimum atomic E-state index is 0.0891. The van der Waals surface area contributed by atoms with Crippen LogP contribution in [0.5, 0.6) is 0 Å². The van der Waals surface area contributed by atoms with Gasteiger partial charge in [-0.05, 0) is 6.42 Å². The molecule has 0 aliphatic carbocycles. The molecule has 0 aliphatic rings. The number of ether oxygens (including phenoxy) is 1. The summed E-state index contributed by atoms with van der Waals surface area (Å²) in [5.74, 6) is 0.540. The van der Waals surface area contributed by atoms with E-state index in [1.807, 2.05) is 0 Å². The first-order chi connectivity index (χ1) is 10.3. The molecular formula is C18H37ClO2. The van der Waals surface area contributed by atoms with Crippen LogP contribution >= 0.6 is 11.6 Å². The summed E-state index contributed by atoms with van der Waals surface area (Å²) in [7, 11) is 0. The molecule has 21 heavy (non-hydrogen) atoms. The van der Waals surface area contributed by atoms with Crippen LogP contribution in [0.25, 0.3) is 0 Å². The highest BCUT2D eigenvalue weighted by atomic mass is 35.5. The first-order valence-corrected chi connectivity index (χ1v) is 9.67. The molecule has 128 valence electrons. The van der Waals surface area contributed by atoms with Crippen LogP contribution in [-0.4, -0.2) is 30.3 Å². The van der Waals surface area contributed by atoms with Crippen molar-refractivity contribution >= 4 is 11.6 Å². The molecule has 0 saturated carbocycles. The molecule has 2 nitrogen and oxygen atoms in total. The third-order valence-electron chi connectivity index (χ3n) is 4.00. The molecule has 1 atom stereocenters. The SMILES string of the molecule is CCCCCCCCCCCCCC[C@H](CCl)OCCO. The predicted octanol–water partition coefficient (Wildman–Crippen LogP) is 5.69. The number of halogens is 1. The van der Waals surface area contributed by atoms with Crippen LogP contribution in [0.4, 0.5) is 0 Å². The fraction of sp³-hybridized carbons (Fsp3) is 1.00. The van der Waals surface area contributed by atoms with E-state index < -0.39 is 0 Å². The number of aliphatic hydroxyl groups excluding tert-OH is 1. The quantitative estimate of drug-likeness (QED) is 0.275. The van der Waals surface area contributed by atoms with Crippen LogP contribution in [0, 0.1) is 0 Å². The lowest BCUT2D eigenvalue weighted by atomic mass is 10.0. The Balaban J connectivity index is 3.14. The maximum Gasteiger partial charge on any atom is 0.0711 e. The Morgan fingerprint density at radius 3 is 1.71 bits per heavy atom. The van der Waals surface area contributed by atoms with Crippen LogP contribution in [0.2, 0.25) is 0 Å². The third-order valence-corrected chi connectivity index (χ3v) is 4.34. The Bertz CT molecular complexity index is 188. The number of aliphatic hydroxyl groups is 1. The van der Waals surface area contributed by atoms with E-state index in [0.29, 0.717) is 12.5 Å². The highest BCUT2D eigenvalue weighted by molar-refractivity contribution is 6.18. The van der Waals surface area contributed by atoms with Gasteiger partial charge in [0.2, 0.25) is 0 Å². The first kappa shape index (κ1) is 21.2. The number of rotatable bonds is 17. The average molecular weight is 321 g/mol. The summed E-state index contributed by atoms with van der Waals surface area (Å²) >= 11 is 5.84. The van der Waals surface area contributed by atoms with Crippen molar-refractivity contribution in [3.63, 3.8) is 0 Å². The molecule has 0 aliphatic heterocycles. The second-order valence-electron chi connectivity index (χ2n) is 6.05. The molecule has 0 spiro atoms. The number of alkyl halides is 1. The fourth-order valence-electron chi connectivity index (χ4n) is 2.64. The lowest BCUT2D eigenvalue weighted by Gasteiger charge is -2.14. The van der Waals surface area contributed by atoms with Crippen molar-refractivity contribution in [2.75, 3.05) is 19.1 Å². The predicted molar refractivity (Wildman–Crippen MR) is 93.2 cm³/mol. The minimum absolute atomic E-state index is 0.0891. The topological polar surface area (TPSA) is 29.5 Å². The average Bonchev–Trinajstić information content (AvgIpc) is 2.51. The van der Waals surface area contributed by atoms with Crippen molar-refractivity contribution in [2.24, 2.45) is 0 Å². The maximum atomic E-state index is 8.72. The number of hydrogen-bond acceptors (Lipinski definition) is 2. The van der Waals surface area contributed by atoms with E-state index in [9.17, 15) is 0 Å². The Labute approximate surface area is 137 Å². The van der Waals surface area contributed by atoms with E-state index in [-0.39, 0.29) is 12.7 Å². The van der Waals surface area contributed by atoms with Crippen LogP contribution < -0.4 is 0 Å². The van der Waals surface area contributed by atoms with E-state index in [4.69, 9.17) is 21.4 Å². The van der Waals surface area contributed by atoms with Gasteiger partial charge in [0.05, 0.1) is 19.3 Å². The van der Waals surface area contributed by atoms with Gasteiger partial charge >= 0.3 is 0 Å². The molecule has 0 bridgehead atoms. The molecule has 0 fully saturated rings. The van der Waals surface area contributed by atoms with Crippen molar-refractivity contribution in [1.29, 1.82) is 0 Å². The van der Waals surface area contributed by atoms with Crippen molar-refractivity contribution in [2.45, 2.75) is 96.5 Å². The van der Waals surface area contributed by atoms with Gasteiger partial charge in [0.1, 0.15) is 0 Å². The Hall–Kier alpha value is 0.210. The lowest BCUT2D eigenvalue weighted by molar-refractivity contribution is 0.0353. The molecule has 0 saturated heterocycles. The van der Waals surface area contributed by atoms with E-state index in [0.717, 1.165) is 6.42 Å². The summed E-state index contributed by atoms with van der Waals surface area (Å²) in [5.41, 5.74) is 0. The summed E-state index contributed by atoms with van der Waals surface area (Å²) < 4.78 is 5.46. The van der Waals surface area contributed by atoms with Crippen LogP contribution in [0.1, 0.15) is 90.4 Å². The highest BCUT2D eigenvalue weighted by Crippen LogP contribution is 2.14. The van der Waals surface area contributed by atoms with Gasteiger partial charge in [-0.1, -0.05) is 84.0 Å². The van der Waals surface area contributed by atoms with Crippen molar-refractivity contribution in [3.8, 4) is 0 Å². The molecular weight excluding hydrogens is 284 g/mol. The van der Waals surface area contributed by atoms with Crippen molar-refractivity contribution < 1.29 is 9.84 Å². The van der Waals surface area contributed by atoms with Gasteiger partial charge in [-0.2, -0.15) is 0 Å². The Morgan fingerprint density at radius 1 is 0.810 bits per heavy atom. The molecule has 0 radical (unpaired) electrons. The van der Waals surface area contributed by atoms with Gasteiger partial charge < -0.3 is 9.84 Å². The molecule has 1 N–H and O–H groups in total. The van der Waals surface area contributed by atoms with E-state index in [2.05, 4.69) is 6.92 Å². The minimum Gasteiger partial charge on any atom is -0.394 e. The van der Waals surface area contributed by atoms with Gasteiger partial charge in [-0.15, -0.1) is 11.6 Å². The molecule has 0 aromatic rings. The van der Waals surface area contributed by atoms with Crippen molar-refractivity contribution in [1.82, 2.24) is 0 Å². The zero-order chi connectivity index (χ0) is 15.6. The highest BCUT2D eigenvalue weighted by Gasteiger charge is 2.06. The van der Waals surface area contributed by atoms with Crippen LogP contribution in [0.3, 0.4) is 0 Å². The summed E-state index contributed by atoms with van der Waals surface area (Å²) in [6.07, 6.45) is 17.6. The third kappa shape index (κ3) is 16.4. The van der Waals surface area contributed by atoms with E-state index in [1.165, 1.54) is 77.0 Å². The van der Waals surface area contributed by atoms with E-state index >= 15 is 0 Å². The Kier molecular flexibility index (Phi) is 18.4. The second-order valence-corrected chi connectivity index (χ2v) is 6.36. The monoisotopic (exact) mass is 320 g/mol. The van der Waals surface area contributed by atoms with Crippen LogP contribution in [0.15, 0.2) is 0 Å². The molecule has 0 heterocycles. The molecule has 0 amide bonds. The van der Waals surface area contributed by atoms with Gasteiger partial charge in [0, 0.05) is 5.88 Å². The maximum absolute atomic E-state index is 8.72. The first-order valence-electron chi connectivity index (χ1n) is 9.13. The smallest absolute Gasteiger partial charge is 0.0711 e. The molecule has 0 rings (SSSR count). The van der Waals surface area contributed by atoms with Gasteiger partial charge in [-0.3, -0.25) is 0 Å². The van der Waals surface area contributed by atoms with Gasteiger partial charge in [0.15, 0.2) is 0 Å². The largest absolute Gasteiger partial charge is 0.394 e. The standard InChI is InChI=1S/C18H37ClO2/c1-2-3-4-5-6-7-8-9-10-11-12-13-14-18(17-19)21-16-15-20/h18,20H,2-17H2,1H3/t18-/m1/s1. The van der Waals surface area contributed by atoms with Gasteiger partial charge in [0.25, 0.3) is 0 Å². The number of hydrogen-bond donors (Lipinski definition) is 1. The summed E-state index contributed by atoms with van der Waals surface area (Å²) in [4.78, 5) is 0. The Morgan fingerprint density at radius 2 is 1.29 bits per heavy atom. The van der Waals surface area contributed by atoms with Crippen LogP contribution in [-0.2, 0) is 4.74 Å². The molecule has 0 unspecified atom stereocenters. The van der Waals surface area contributed by atoms with Crippen molar-refractivity contribution in [3.05, 3.63) is 0 Å².